The molecule has 0 amide bonds. The molecule has 1 rings (SSSR count). The minimum absolute atomic E-state index is 0.880. The average molecular weight is 193 g/mol. The molecule has 0 aliphatic rings. The van der Waals surface area contributed by atoms with Crippen LogP contribution in [-0.4, -0.2) is 7.68 Å². The zero-order valence-electron chi connectivity index (χ0n) is 8.26. The van der Waals surface area contributed by atoms with Gasteiger partial charge in [-0.2, -0.15) is 0 Å². The molecule has 0 nitrogen and oxygen atoms in total. The third-order valence-electron chi connectivity index (χ3n) is 1.40. The van der Waals surface area contributed by atoms with Gasteiger partial charge in [0.2, 0.25) is 0 Å². The van der Waals surface area contributed by atoms with E-state index < -0.39 is 7.68 Å². The molecular formula is C11H14FSi-. The number of hydrogen-bond acceptors (Lipinski definition) is 0. The molecule has 0 atom stereocenters. The first-order chi connectivity index (χ1) is 5.83. The first-order valence-electron chi connectivity index (χ1n) is 4.35. The molecule has 1 aromatic rings. The van der Waals surface area contributed by atoms with Crippen molar-refractivity contribution in [3.05, 3.63) is 35.9 Å². The van der Waals surface area contributed by atoms with Gasteiger partial charge in [-0.15, -0.1) is 0 Å². The molecule has 0 fully saturated rings. The van der Waals surface area contributed by atoms with Gasteiger partial charge in [0.1, 0.15) is 0 Å². The minimum atomic E-state index is -3.39. The van der Waals surface area contributed by atoms with E-state index in [0.29, 0.717) is 0 Å². The Hall–Kier alpha value is -1.07. The van der Waals surface area contributed by atoms with E-state index in [1.807, 2.05) is 30.3 Å². The van der Waals surface area contributed by atoms with Crippen molar-refractivity contribution in [2.24, 2.45) is 0 Å². The Labute approximate surface area is 79.4 Å². The van der Waals surface area contributed by atoms with E-state index in [1.54, 1.807) is 19.6 Å². The third-order valence-corrected chi connectivity index (χ3v) is 2.37. The SMILES string of the molecule is C[Si-](C)(C)(F)C#Cc1ccccc1. The van der Waals surface area contributed by atoms with Gasteiger partial charge >= 0.3 is 78.8 Å². The van der Waals surface area contributed by atoms with Gasteiger partial charge in [-0.25, -0.2) is 0 Å². The third kappa shape index (κ3) is 4.49. The van der Waals surface area contributed by atoms with Gasteiger partial charge in [0.15, 0.2) is 0 Å². The van der Waals surface area contributed by atoms with E-state index in [9.17, 15) is 4.11 Å². The summed E-state index contributed by atoms with van der Waals surface area (Å²) < 4.78 is 13.7. The topological polar surface area (TPSA) is 0 Å². The van der Waals surface area contributed by atoms with Crippen LogP contribution in [0.5, 0.6) is 0 Å². The molecule has 0 aromatic heterocycles. The Kier molecular flexibility index (Phi) is 2.31. The van der Waals surface area contributed by atoms with Crippen LogP contribution in [-0.2, 0) is 0 Å². The zero-order chi connectivity index (χ0) is 9.97. The second-order valence-corrected chi connectivity index (χ2v) is 10.6. The number of hydrogen-bond donors (Lipinski definition) is 0. The monoisotopic (exact) mass is 193 g/mol. The summed E-state index contributed by atoms with van der Waals surface area (Å²) in [7, 11) is -3.39. The fourth-order valence-electron chi connectivity index (χ4n) is 0.805. The van der Waals surface area contributed by atoms with Crippen molar-refractivity contribution in [1.82, 2.24) is 0 Å². The van der Waals surface area contributed by atoms with E-state index in [4.69, 9.17) is 0 Å². The van der Waals surface area contributed by atoms with Gasteiger partial charge in [0.05, 0.1) is 0 Å². The van der Waals surface area contributed by atoms with E-state index >= 15 is 0 Å². The van der Waals surface area contributed by atoms with Gasteiger partial charge < -0.3 is 0 Å². The molecule has 0 spiro atoms. The molecule has 0 N–H and O–H groups in total. The predicted molar refractivity (Wildman–Crippen MR) is 57.8 cm³/mol. The van der Waals surface area contributed by atoms with E-state index in [-0.39, 0.29) is 0 Å². The van der Waals surface area contributed by atoms with E-state index in [0.717, 1.165) is 5.56 Å². The van der Waals surface area contributed by atoms with Crippen LogP contribution in [0.2, 0.25) is 19.6 Å². The summed E-state index contributed by atoms with van der Waals surface area (Å²) >= 11 is 0. The van der Waals surface area contributed by atoms with Crippen LogP contribution in [0, 0.1) is 11.5 Å². The summed E-state index contributed by atoms with van der Waals surface area (Å²) in [5.41, 5.74) is 3.63. The van der Waals surface area contributed by atoms with Gasteiger partial charge in [0.25, 0.3) is 0 Å². The summed E-state index contributed by atoms with van der Waals surface area (Å²) in [4.78, 5) is 0. The van der Waals surface area contributed by atoms with Crippen molar-refractivity contribution in [3.8, 4) is 11.5 Å². The summed E-state index contributed by atoms with van der Waals surface area (Å²) in [6, 6.07) is 9.50. The van der Waals surface area contributed by atoms with Crippen molar-refractivity contribution < 1.29 is 4.11 Å². The summed E-state index contributed by atoms with van der Waals surface area (Å²) in [5.74, 6) is 2.87. The van der Waals surface area contributed by atoms with Crippen LogP contribution in [0.15, 0.2) is 30.3 Å². The van der Waals surface area contributed by atoms with Crippen molar-refractivity contribution >= 4 is 7.68 Å². The molecule has 0 unspecified atom stereocenters. The van der Waals surface area contributed by atoms with Crippen molar-refractivity contribution in [2.45, 2.75) is 19.6 Å². The first kappa shape index (κ1) is 10.0. The van der Waals surface area contributed by atoms with Gasteiger partial charge in [-0.3, -0.25) is 0 Å². The summed E-state index contributed by atoms with van der Waals surface area (Å²) in [6.07, 6.45) is 0. The number of rotatable bonds is 0. The van der Waals surface area contributed by atoms with Crippen LogP contribution in [0.25, 0.3) is 0 Å². The maximum absolute atomic E-state index is 13.7. The van der Waals surface area contributed by atoms with Gasteiger partial charge in [-0.1, -0.05) is 0 Å². The molecule has 70 valence electrons. The predicted octanol–water partition coefficient (Wildman–Crippen LogP) is 3.34. The summed E-state index contributed by atoms with van der Waals surface area (Å²) in [6.45, 7) is 4.86. The Morgan fingerprint density at radius 1 is 1.08 bits per heavy atom. The van der Waals surface area contributed by atoms with Crippen LogP contribution >= 0.6 is 0 Å². The Bertz CT molecular complexity index is 339. The standard InChI is InChI=1S/C11H14FSi/c1-13(2,3,12)10-9-11-7-5-4-6-8-11/h4-8H,1-3H3/q-1. The Balaban J connectivity index is 2.93. The Morgan fingerprint density at radius 3 is 2.08 bits per heavy atom. The summed E-state index contributed by atoms with van der Waals surface area (Å²) in [5, 5.41) is 0. The van der Waals surface area contributed by atoms with Crippen LogP contribution in [0.4, 0.5) is 4.11 Å². The molecule has 0 saturated carbocycles. The van der Waals surface area contributed by atoms with E-state index in [1.165, 1.54) is 0 Å². The second kappa shape index (κ2) is 3.01. The van der Waals surface area contributed by atoms with Crippen molar-refractivity contribution in [1.29, 1.82) is 0 Å². The zero-order valence-corrected chi connectivity index (χ0v) is 9.26. The van der Waals surface area contributed by atoms with Gasteiger partial charge in [0, 0.05) is 0 Å². The maximum atomic E-state index is 13.7. The molecule has 13 heavy (non-hydrogen) atoms. The van der Waals surface area contributed by atoms with Gasteiger partial charge in [-0.05, 0) is 0 Å². The normalized spacial score (nSPS) is 13.7. The molecule has 0 bridgehead atoms. The molecule has 0 aliphatic heterocycles. The molecular weight excluding hydrogens is 179 g/mol. The molecule has 1 aromatic carbocycles. The van der Waals surface area contributed by atoms with Crippen molar-refractivity contribution in [3.63, 3.8) is 0 Å². The van der Waals surface area contributed by atoms with E-state index in [2.05, 4.69) is 11.5 Å². The first-order valence-corrected chi connectivity index (χ1v) is 8.23. The fourth-order valence-corrected chi connectivity index (χ4v) is 1.37. The quantitative estimate of drug-likeness (QED) is 0.337. The number of halogens is 1. The van der Waals surface area contributed by atoms with Crippen LogP contribution in [0.1, 0.15) is 5.56 Å². The fraction of sp³-hybridized carbons (Fsp3) is 0.273. The van der Waals surface area contributed by atoms with Crippen LogP contribution < -0.4 is 0 Å². The van der Waals surface area contributed by atoms with Crippen molar-refractivity contribution in [2.75, 3.05) is 0 Å². The molecule has 2 heteroatoms. The average Bonchev–Trinajstić information content (AvgIpc) is 2.01. The molecule has 0 saturated heterocycles. The molecule has 0 heterocycles. The molecule has 0 aliphatic carbocycles. The van der Waals surface area contributed by atoms with Crippen LogP contribution in [0.3, 0.4) is 0 Å². The second-order valence-electron chi connectivity index (χ2n) is 4.53. The number of benzene rings is 1. The molecule has 0 radical (unpaired) electrons. The Morgan fingerprint density at radius 2 is 1.62 bits per heavy atom.